The summed E-state index contributed by atoms with van der Waals surface area (Å²) in [6, 6.07) is 4.22. The summed E-state index contributed by atoms with van der Waals surface area (Å²) in [5, 5.41) is 3.29. The molecule has 1 N–H and O–H groups in total. The third kappa shape index (κ3) is 2.13. The van der Waals surface area contributed by atoms with Crippen LogP contribution < -0.4 is 5.32 Å². The van der Waals surface area contributed by atoms with Crippen LogP contribution in [0, 0.1) is 5.92 Å². The van der Waals surface area contributed by atoms with E-state index < -0.39 is 0 Å². The Bertz CT molecular complexity index is 297. The van der Waals surface area contributed by atoms with E-state index in [1.807, 2.05) is 13.1 Å². The van der Waals surface area contributed by atoms with Gasteiger partial charge < -0.3 is 5.32 Å². The van der Waals surface area contributed by atoms with E-state index in [2.05, 4.69) is 11.4 Å². The smallest absolute Gasteiger partial charge is 0.0931 e. The van der Waals surface area contributed by atoms with Crippen molar-refractivity contribution < 1.29 is 0 Å². The first-order chi connectivity index (χ1) is 6.81. The highest BCUT2D eigenvalue weighted by Gasteiger charge is 2.28. The molecule has 0 aliphatic heterocycles. The summed E-state index contributed by atoms with van der Waals surface area (Å²) in [5.41, 5.74) is 0. The molecule has 1 aromatic rings. The van der Waals surface area contributed by atoms with Gasteiger partial charge in [-0.3, -0.25) is 0 Å². The molecule has 2 rings (SSSR count). The van der Waals surface area contributed by atoms with Crippen molar-refractivity contribution >= 4 is 22.9 Å². The first-order valence-corrected chi connectivity index (χ1v) is 6.40. The average molecular weight is 230 g/mol. The number of halogens is 1. The molecule has 1 fully saturated rings. The highest BCUT2D eigenvalue weighted by atomic mass is 35.5. The molecule has 0 bridgehead atoms. The lowest BCUT2D eigenvalue weighted by atomic mass is 9.94. The number of hydrogen-bond acceptors (Lipinski definition) is 2. The van der Waals surface area contributed by atoms with Crippen LogP contribution in [0.2, 0.25) is 4.34 Å². The second-order valence-corrected chi connectivity index (χ2v) is 5.74. The first-order valence-electron chi connectivity index (χ1n) is 5.21. The van der Waals surface area contributed by atoms with Gasteiger partial charge in [-0.1, -0.05) is 18.0 Å². The maximum absolute atomic E-state index is 5.97. The molecule has 1 aromatic heterocycles. The van der Waals surface area contributed by atoms with Gasteiger partial charge in [0.15, 0.2) is 0 Å². The van der Waals surface area contributed by atoms with E-state index in [0.29, 0.717) is 0 Å². The second kappa shape index (κ2) is 4.65. The molecule has 0 spiro atoms. The molecule has 0 saturated heterocycles. The Morgan fingerprint density at radius 2 is 2.36 bits per heavy atom. The van der Waals surface area contributed by atoms with Crippen molar-refractivity contribution in [3.8, 4) is 0 Å². The lowest BCUT2D eigenvalue weighted by Crippen LogP contribution is -2.20. The maximum Gasteiger partial charge on any atom is 0.0931 e. The van der Waals surface area contributed by atoms with Crippen LogP contribution in [0.3, 0.4) is 0 Å². The molecule has 0 aromatic carbocycles. The van der Waals surface area contributed by atoms with Crippen molar-refractivity contribution in [3.05, 3.63) is 21.3 Å². The third-order valence-corrected chi connectivity index (χ3v) is 4.45. The number of rotatable bonds is 3. The van der Waals surface area contributed by atoms with E-state index in [9.17, 15) is 0 Å². The number of thiophene rings is 1. The minimum absolute atomic E-state index is 0.750. The molecule has 1 saturated carbocycles. The summed E-state index contributed by atoms with van der Waals surface area (Å²) >= 11 is 7.72. The first kappa shape index (κ1) is 10.5. The van der Waals surface area contributed by atoms with Crippen molar-refractivity contribution in [2.45, 2.75) is 25.2 Å². The van der Waals surface area contributed by atoms with Crippen LogP contribution in [0.15, 0.2) is 12.1 Å². The van der Waals surface area contributed by atoms with Gasteiger partial charge >= 0.3 is 0 Å². The Balaban J connectivity index is 2.09. The normalized spacial score (nSPS) is 27.0. The summed E-state index contributed by atoms with van der Waals surface area (Å²) in [7, 11) is 2.04. The molecule has 1 nitrogen and oxygen atoms in total. The van der Waals surface area contributed by atoms with Crippen molar-refractivity contribution in [2.24, 2.45) is 5.92 Å². The third-order valence-electron chi connectivity index (χ3n) is 3.08. The Kier molecular flexibility index (Phi) is 3.47. The predicted molar refractivity (Wildman–Crippen MR) is 63.3 cm³/mol. The lowest BCUT2D eigenvalue weighted by Gasteiger charge is -2.17. The summed E-state index contributed by atoms with van der Waals surface area (Å²) in [6.07, 6.45) is 4.07. The van der Waals surface area contributed by atoms with Crippen LogP contribution in [-0.2, 0) is 0 Å². The zero-order valence-electron chi connectivity index (χ0n) is 8.42. The predicted octanol–water partition coefficient (Wildman–Crippen LogP) is 3.50. The zero-order valence-corrected chi connectivity index (χ0v) is 10.00. The van der Waals surface area contributed by atoms with Gasteiger partial charge in [0.2, 0.25) is 0 Å². The van der Waals surface area contributed by atoms with Crippen LogP contribution in [0.1, 0.15) is 30.1 Å². The summed E-state index contributed by atoms with van der Waals surface area (Å²) in [4.78, 5) is 1.48. The van der Waals surface area contributed by atoms with E-state index in [1.54, 1.807) is 11.3 Å². The number of hydrogen-bond donors (Lipinski definition) is 1. The Hall–Kier alpha value is -0.0500. The molecule has 2 atom stereocenters. The molecule has 1 aliphatic carbocycles. The van der Waals surface area contributed by atoms with Crippen LogP contribution in [0.4, 0.5) is 0 Å². The fraction of sp³-hybridized carbons (Fsp3) is 0.636. The SMILES string of the molecule is CNCC1CCCC1c1ccc(Cl)s1. The topological polar surface area (TPSA) is 12.0 Å². The summed E-state index contributed by atoms with van der Waals surface area (Å²) in [6.45, 7) is 1.14. The Morgan fingerprint density at radius 1 is 1.50 bits per heavy atom. The zero-order chi connectivity index (χ0) is 9.97. The van der Waals surface area contributed by atoms with Crippen molar-refractivity contribution in [1.29, 1.82) is 0 Å². The molecule has 2 unspecified atom stereocenters. The minimum Gasteiger partial charge on any atom is -0.319 e. The fourth-order valence-electron chi connectivity index (χ4n) is 2.45. The van der Waals surface area contributed by atoms with E-state index >= 15 is 0 Å². The molecular formula is C11H16ClNS. The van der Waals surface area contributed by atoms with Crippen LogP contribution in [0.25, 0.3) is 0 Å². The van der Waals surface area contributed by atoms with Gasteiger partial charge in [-0.15, -0.1) is 11.3 Å². The van der Waals surface area contributed by atoms with Gasteiger partial charge in [-0.05, 0) is 50.4 Å². The molecule has 0 amide bonds. The van der Waals surface area contributed by atoms with E-state index in [0.717, 1.165) is 22.7 Å². The second-order valence-electron chi connectivity index (χ2n) is 4.00. The van der Waals surface area contributed by atoms with Crippen molar-refractivity contribution in [3.63, 3.8) is 0 Å². The summed E-state index contributed by atoms with van der Waals surface area (Å²) in [5.74, 6) is 1.56. The van der Waals surface area contributed by atoms with E-state index in [1.165, 1.54) is 24.1 Å². The van der Waals surface area contributed by atoms with Gasteiger partial charge in [0.05, 0.1) is 4.34 Å². The van der Waals surface area contributed by atoms with E-state index in [-0.39, 0.29) is 0 Å². The Morgan fingerprint density at radius 3 is 3.00 bits per heavy atom. The van der Waals surface area contributed by atoms with Gasteiger partial charge in [-0.25, -0.2) is 0 Å². The molecule has 1 heterocycles. The highest BCUT2D eigenvalue weighted by Crippen LogP contribution is 2.42. The Labute approximate surface area is 94.5 Å². The minimum atomic E-state index is 0.750. The molecule has 3 heteroatoms. The molecule has 1 aliphatic rings. The standard InChI is InChI=1S/C11H16ClNS/c1-13-7-8-3-2-4-9(8)10-5-6-11(12)14-10/h5-6,8-9,13H,2-4,7H2,1H3. The quantitative estimate of drug-likeness (QED) is 0.837. The van der Waals surface area contributed by atoms with Gasteiger partial charge in [0.1, 0.15) is 0 Å². The average Bonchev–Trinajstić information content (AvgIpc) is 2.74. The van der Waals surface area contributed by atoms with Crippen LogP contribution >= 0.6 is 22.9 Å². The highest BCUT2D eigenvalue weighted by molar-refractivity contribution is 7.16. The lowest BCUT2D eigenvalue weighted by molar-refractivity contribution is 0.467. The van der Waals surface area contributed by atoms with Gasteiger partial charge in [0, 0.05) is 4.88 Å². The van der Waals surface area contributed by atoms with E-state index in [4.69, 9.17) is 11.6 Å². The number of nitrogens with one attached hydrogen (secondary N) is 1. The fourth-order valence-corrected chi connectivity index (χ4v) is 3.73. The maximum atomic E-state index is 5.97. The van der Waals surface area contributed by atoms with Crippen molar-refractivity contribution in [1.82, 2.24) is 5.32 Å². The van der Waals surface area contributed by atoms with Gasteiger partial charge in [0.25, 0.3) is 0 Å². The molecule has 0 radical (unpaired) electrons. The molecule has 14 heavy (non-hydrogen) atoms. The van der Waals surface area contributed by atoms with Crippen LogP contribution in [0.5, 0.6) is 0 Å². The largest absolute Gasteiger partial charge is 0.319 e. The monoisotopic (exact) mass is 229 g/mol. The molecular weight excluding hydrogens is 214 g/mol. The van der Waals surface area contributed by atoms with Gasteiger partial charge in [-0.2, -0.15) is 0 Å². The molecule has 78 valence electrons. The summed E-state index contributed by atoms with van der Waals surface area (Å²) < 4.78 is 0.926. The van der Waals surface area contributed by atoms with Crippen molar-refractivity contribution in [2.75, 3.05) is 13.6 Å². The van der Waals surface area contributed by atoms with Crippen LogP contribution in [-0.4, -0.2) is 13.6 Å².